The molecular weight excluding hydrogens is 240 g/mol. The van der Waals surface area contributed by atoms with Crippen molar-refractivity contribution in [2.45, 2.75) is 32.2 Å². The highest BCUT2D eigenvalue weighted by atomic mass is 32.1. The molecule has 18 heavy (non-hydrogen) atoms. The maximum absolute atomic E-state index is 4.79. The second-order valence-electron chi connectivity index (χ2n) is 4.97. The van der Waals surface area contributed by atoms with Crippen LogP contribution < -0.4 is 5.32 Å². The topological polar surface area (TPSA) is 24.9 Å². The Balaban J connectivity index is 2.18. The summed E-state index contributed by atoms with van der Waals surface area (Å²) in [5.41, 5.74) is 3.95. The van der Waals surface area contributed by atoms with Gasteiger partial charge in [-0.1, -0.05) is 24.3 Å². The predicted molar refractivity (Wildman–Crippen MR) is 76.2 cm³/mol. The van der Waals surface area contributed by atoms with Gasteiger partial charge in [0, 0.05) is 4.88 Å². The second-order valence-corrected chi connectivity index (χ2v) is 6.18. The quantitative estimate of drug-likeness (QED) is 0.895. The molecule has 0 aliphatic heterocycles. The van der Waals surface area contributed by atoms with Gasteiger partial charge in [-0.3, -0.25) is 0 Å². The van der Waals surface area contributed by atoms with E-state index in [1.54, 1.807) is 0 Å². The fraction of sp³-hybridized carbons (Fsp3) is 0.400. The Labute approximate surface area is 112 Å². The monoisotopic (exact) mass is 258 g/mol. The molecule has 3 rings (SSSR count). The lowest BCUT2D eigenvalue weighted by Crippen LogP contribution is -2.38. The van der Waals surface area contributed by atoms with E-state index in [-0.39, 0.29) is 5.54 Å². The minimum Gasteiger partial charge on any atom is -0.305 e. The average Bonchev–Trinajstić information content (AvgIpc) is 2.92. The lowest BCUT2D eigenvalue weighted by molar-refractivity contribution is 0.433. The Morgan fingerprint density at radius 1 is 1.28 bits per heavy atom. The van der Waals surface area contributed by atoms with Crippen molar-refractivity contribution in [3.63, 3.8) is 0 Å². The van der Waals surface area contributed by atoms with Crippen molar-refractivity contribution in [3.05, 3.63) is 51.0 Å². The molecule has 2 nitrogen and oxygen atoms in total. The number of aryl methyl sites for hydroxylation is 3. The van der Waals surface area contributed by atoms with Crippen LogP contribution in [0.3, 0.4) is 0 Å². The zero-order valence-corrected chi connectivity index (χ0v) is 11.9. The molecule has 2 aromatic rings. The summed E-state index contributed by atoms with van der Waals surface area (Å²) in [6, 6.07) is 8.74. The summed E-state index contributed by atoms with van der Waals surface area (Å²) in [5.74, 6) is 0. The van der Waals surface area contributed by atoms with E-state index < -0.39 is 0 Å². The Bertz CT molecular complexity index is 568. The molecule has 0 radical (unpaired) electrons. The van der Waals surface area contributed by atoms with E-state index in [0.717, 1.165) is 18.5 Å². The second kappa shape index (κ2) is 4.18. The third-order valence-corrected chi connectivity index (χ3v) is 5.30. The fourth-order valence-corrected chi connectivity index (χ4v) is 4.01. The summed E-state index contributed by atoms with van der Waals surface area (Å²) >= 11 is 1.83. The van der Waals surface area contributed by atoms with Crippen LogP contribution in [0.4, 0.5) is 0 Å². The Morgan fingerprint density at radius 3 is 2.72 bits per heavy atom. The van der Waals surface area contributed by atoms with Gasteiger partial charge in [-0.15, -0.1) is 11.3 Å². The molecule has 0 amide bonds. The van der Waals surface area contributed by atoms with Crippen LogP contribution in [-0.4, -0.2) is 12.0 Å². The number of rotatable bonds is 2. The molecule has 1 N–H and O–H groups in total. The average molecular weight is 258 g/mol. The number of hydrogen-bond donors (Lipinski definition) is 1. The maximum Gasteiger partial charge on any atom is 0.118 e. The first-order valence-electron chi connectivity index (χ1n) is 6.39. The van der Waals surface area contributed by atoms with Gasteiger partial charge in [0.25, 0.3) is 0 Å². The van der Waals surface area contributed by atoms with Crippen molar-refractivity contribution in [2.24, 2.45) is 0 Å². The minimum absolute atomic E-state index is 0.0692. The number of thiazole rings is 1. The van der Waals surface area contributed by atoms with Gasteiger partial charge >= 0.3 is 0 Å². The minimum atomic E-state index is -0.0692. The summed E-state index contributed by atoms with van der Waals surface area (Å²) in [5, 5.41) is 4.75. The van der Waals surface area contributed by atoms with Crippen molar-refractivity contribution >= 4 is 11.3 Å². The third-order valence-electron chi connectivity index (χ3n) is 4.07. The van der Waals surface area contributed by atoms with E-state index in [4.69, 9.17) is 4.98 Å². The summed E-state index contributed by atoms with van der Waals surface area (Å²) in [6.45, 7) is 4.25. The molecule has 0 spiro atoms. The molecular formula is C15H18N2S. The van der Waals surface area contributed by atoms with Gasteiger partial charge in [0.15, 0.2) is 0 Å². The van der Waals surface area contributed by atoms with Gasteiger partial charge in [-0.2, -0.15) is 0 Å². The van der Waals surface area contributed by atoms with Crippen LogP contribution in [-0.2, 0) is 12.0 Å². The smallest absolute Gasteiger partial charge is 0.118 e. The molecule has 0 saturated heterocycles. The Morgan fingerprint density at radius 2 is 2.06 bits per heavy atom. The molecule has 3 heteroatoms. The van der Waals surface area contributed by atoms with Gasteiger partial charge in [-0.25, -0.2) is 4.98 Å². The molecule has 1 aromatic carbocycles. The third kappa shape index (κ3) is 1.54. The van der Waals surface area contributed by atoms with E-state index in [1.807, 2.05) is 18.4 Å². The number of fused-ring (bicyclic) bond motifs is 1. The summed E-state index contributed by atoms with van der Waals surface area (Å²) < 4.78 is 0. The summed E-state index contributed by atoms with van der Waals surface area (Å²) in [6.07, 6.45) is 2.24. The highest BCUT2D eigenvalue weighted by Gasteiger charge is 2.41. The predicted octanol–water partition coefficient (Wildman–Crippen LogP) is 3.17. The van der Waals surface area contributed by atoms with Gasteiger partial charge in [0.2, 0.25) is 0 Å². The van der Waals surface area contributed by atoms with Crippen LogP contribution in [0.2, 0.25) is 0 Å². The SMILES string of the molecule is CNC1(c2nc(C)c(C)s2)CCc2ccccc21. The zero-order valence-electron chi connectivity index (χ0n) is 11.1. The molecule has 1 heterocycles. The van der Waals surface area contributed by atoms with Crippen LogP contribution in [0.5, 0.6) is 0 Å². The molecule has 1 atom stereocenters. The van der Waals surface area contributed by atoms with Crippen molar-refractivity contribution in [1.82, 2.24) is 10.3 Å². The fourth-order valence-electron chi connectivity index (χ4n) is 2.86. The molecule has 1 aliphatic rings. The summed E-state index contributed by atoms with van der Waals surface area (Å²) in [4.78, 5) is 6.11. The highest BCUT2D eigenvalue weighted by molar-refractivity contribution is 7.11. The highest BCUT2D eigenvalue weighted by Crippen LogP contribution is 2.43. The Kier molecular flexibility index (Phi) is 2.76. The number of benzene rings is 1. The van der Waals surface area contributed by atoms with E-state index in [2.05, 4.69) is 43.4 Å². The van der Waals surface area contributed by atoms with Crippen molar-refractivity contribution < 1.29 is 0 Å². The zero-order chi connectivity index (χ0) is 12.8. The van der Waals surface area contributed by atoms with E-state index in [9.17, 15) is 0 Å². The van der Waals surface area contributed by atoms with Crippen molar-refractivity contribution in [1.29, 1.82) is 0 Å². The number of nitrogens with zero attached hydrogens (tertiary/aromatic N) is 1. The normalized spacial score (nSPS) is 22.2. The first-order valence-corrected chi connectivity index (χ1v) is 7.21. The first kappa shape index (κ1) is 11.9. The van der Waals surface area contributed by atoms with Crippen LogP contribution >= 0.6 is 11.3 Å². The lowest BCUT2D eigenvalue weighted by Gasteiger charge is -2.27. The Hall–Kier alpha value is -1.19. The van der Waals surface area contributed by atoms with Crippen LogP contribution in [0, 0.1) is 13.8 Å². The van der Waals surface area contributed by atoms with Crippen molar-refractivity contribution in [2.75, 3.05) is 7.05 Å². The van der Waals surface area contributed by atoms with Gasteiger partial charge < -0.3 is 5.32 Å². The summed E-state index contributed by atoms with van der Waals surface area (Å²) in [7, 11) is 2.05. The standard InChI is InChI=1S/C15H18N2S/c1-10-11(2)18-14(17-10)15(16-3)9-8-12-6-4-5-7-13(12)15/h4-7,16H,8-9H2,1-3H3. The molecule has 1 aromatic heterocycles. The number of nitrogens with one attached hydrogen (secondary N) is 1. The van der Waals surface area contributed by atoms with E-state index in [0.29, 0.717) is 0 Å². The van der Waals surface area contributed by atoms with Gasteiger partial charge in [0.05, 0.1) is 11.2 Å². The van der Waals surface area contributed by atoms with Crippen molar-refractivity contribution in [3.8, 4) is 0 Å². The molecule has 0 saturated carbocycles. The van der Waals surface area contributed by atoms with Gasteiger partial charge in [0.1, 0.15) is 5.01 Å². The largest absolute Gasteiger partial charge is 0.305 e. The van der Waals surface area contributed by atoms with E-state index >= 15 is 0 Å². The molecule has 94 valence electrons. The molecule has 0 fully saturated rings. The molecule has 1 aliphatic carbocycles. The molecule has 1 unspecified atom stereocenters. The van der Waals surface area contributed by atoms with E-state index in [1.165, 1.54) is 21.0 Å². The van der Waals surface area contributed by atoms with Crippen LogP contribution in [0.25, 0.3) is 0 Å². The maximum atomic E-state index is 4.79. The lowest BCUT2D eigenvalue weighted by atomic mass is 9.92. The van der Waals surface area contributed by atoms with Crippen LogP contribution in [0.1, 0.15) is 33.1 Å². The number of aromatic nitrogens is 1. The molecule has 0 bridgehead atoms. The van der Waals surface area contributed by atoms with Gasteiger partial charge in [-0.05, 0) is 44.9 Å². The first-order chi connectivity index (χ1) is 8.67. The number of hydrogen-bond acceptors (Lipinski definition) is 3. The van der Waals surface area contributed by atoms with Crippen LogP contribution in [0.15, 0.2) is 24.3 Å².